The highest BCUT2D eigenvalue weighted by atomic mass is 16.5. The third-order valence-corrected chi connectivity index (χ3v) is 2.82. The molecule has 1 aromatic rings. The van der Waals surface area contributed by atoms with Crippen LogP contribution in [0.5, 0.6) is 0 Å². The second-order valence-corrected chi connectivity index (χ2v) is 4.17. The van der Waals surface area contributed by atoms with Crippen LogP contribution in [0.15, 0.2) is 18.2 Å². The third kappa shape index (κ3) is 2.88. The molecule has 1 saturated heterocycles. The van der Waals surface area contributed by atoms with Crippen molar-refractivity contribution in [3.05, 3.63) is 23.8 Å². The number of anilines is 2. The molecule has 0 radical (unpaired) electrons. The van der Waals surface area contributed by atoms with E-state index in [-0.39, 0.29) is 11.6 Å². The molecular formula is C12H16N2O3. The van der Waals surface area contributed by atoms with Crippen LogP contribution < -0.4 is 11.1 Å². The number of aromatic carboxylic acids is 1. The maximum absolute atomic E-state index is 10.9. The fourth-order valence-electron chi connectivity index (χ4n) is 1.89. The maximum Gasteiger partial charge on any atom is 0.335 e. The van der Waals surface area contributed by atoms with Gasteiger partial charge in [0.05, 0.1) is 23.5 Å². The fraction of sp³-hybridized carbons (Fsp3) is 0.417. The van der Waals surface area contributed by atoms with Crippen molar-refractivity contribution in [3.8, 4) is 0 Å². The molecule has 0 saturated carbocycles. The summed E-state index contributed by atoms with van der Waals surface area (Å²) in [6.07, 6.45) is 2.02. The van der Waals surface area contributed by atoms with Crippen LogP contribution in [-0.2, 0) is 4.74 Å². The van der Waals surface area contributed by atoms with Gasteiger partial charge in [-0.05, 0) is 31.0 Å². The molecule has 0 aromatic heterocycles. The van der Waals surface area contributed by atoms with E-state index in [9.17, 15) is 4.79 Å². The monoisotopic (exact) mass is 236 g/mol. The number of hydrogen-bond donors (Lipinski definition) is 3. The van der Waals surface area contributed by atoms with Crippen LogP contribution in [0.2, 0.25) is 0 Å². The lowest BCUT2D eigenvalue weighted by Crippen LogP contribution is -2.30. The van der Waals surface area contributed by atoms with Crippen molar-refractivity contribution in [2.45, 2.75) is 18.9 Å². The number of nitrogen functional groups attached to an aromatic ring is 1. The number of ether oxygens (including phenoxy) is 1. The second kappa shape index (κ2) is 5.05. The zero-order chi connectivity index (χ0) is 12.3. The summed E-state index contributed by atoms with van der Waals surface area (Å²) in [5.41, 5.74) is 7.27. The van der Waals surface area contributed by atoms with E-state index in [0.29, 0.717) is 18.0 Å². The number of carboxylic acids is 1. The van der Waals surface area contributed by atoms with Crippen LogP contribution in [0.3, 0.4) is 0 Å². The Morgan fingerprint density at radius 1 is 1.53 bits per heavy atom. The first-order valence-electron chi connectivity index (χ1n) is 5.64. The molecule has 0 bridgehead atoms. The first-order chi connectivity index (χ1) is 8.16. The minimum atomic E-state index is -0.951. The molecule has 0 spiro atoms. The van der Waals surface area contributed by atoms with E-state index in [1.807, 2.05) is 0 Å². The molecular weight excluding hydrogens is 220 g/mol. The van der Waals surface area contributed by atoms with Gasteiger partial charge in [-0.2, -0.15) is 0 Å². The molecule has 5 heteroatoms. The molecule has 0 aliphatic carbocycles. The summed E-state index contributed by atoms with van der Waals surface area (Å²) in [6.45, 7) is 1.43. The number of hydrogen-bond acceptors (Lipinski definition) is 4. The van der Waals surface area contributed by atoms with Crippen LogP contribution >= 0.6 is 0 Å². The molecule has 5 nitrogen and oxygen atoms in total. The minimum Gasteiger partial charge on any atom is -0.478 e. The fourth-order valence-corrected chi connectivity index (χ4v) is 1.89. The van der Waals surface area contributed by atoms with Gasteiger partial charge in [-0.15, -0.1) is 0 Å². The highest BCUT2D eigenvalue weighted by Gasteiger charge is 2.15. The number of nitrogens with one attached hydrogen (secondary N) is 1. The summed E-state index contributed by atoms with van der Waals surface area (Å²) in [4.78, 5) is 10.9. The van der Waals surface area contributed by atoms with Crippen LogP contribution in [0.1, 0.15) is 23.2 Å². The lowest BCUT2D eigenvalue weighted by atomic mass is 10.1. The van der Waals surface area contributed by atoms with Crippen molar-refractivity contribution >= 4 is 17.3 Å². The van der Waals surface area contributed by atoms with Crippen molar-refractivity contribution in [2.24, 2.45) is 0 Å². The van der Waals surface area contributed by atoms with Gasteiger partial charge in [0, 0.05) is 12.6 Å². The number of carboxylic acid groups (broad SMARTS) is 1. The van der Waals surface area contributed by atoms with Crippen molar-refractivity contribution in [1.82, 2.24) is 0 Å². The highest BCUT2D eigenvalue weighted by Crippen LogP contribution is 2.22. The van der Waals surface area contributed by atoms with Crippen molar-refractivity contribution in [2.75, 3.05) is 24.3 Å². The van der Waals surface area contributed by atoms with Gasteiger partial charge in [0.2, 0.25) is 0 Å². The van der Waals surface area contributed by atoms with E-state index in [1.54, 1.807) is 12.1 Å². The predicted molar refractivity (Wildman–Crippen MR) is 65.3 cm³/mol. The molecule has 1 aromatic carbocycles. The van der Waals surface area contributed by atoms with E-state index in [4.69, 9.17) is 15.6 Å². The average molecular weight is 236 g/mol. The molecule has 1 fully saturated rings. The molecule has 4 N–H and O–H groups in total. The number of rotatable bonds is 3. The Kier molecular flexibility index (Phi) is 3.49. The lowest BCUT2D eigenvalue weighted by molar-refractivity contribution is 0.0697. The van der Waals surface area contributed by atoms with E-state index >= 15 is 0 Å². The predicted octanol–water partition coefficient (Wildman–Crippen LogP) is 1.56. The van der Waals surface area contributed by atoms with Crippen molar-refractivity contribution in [1.29, 1.82) is 0 Å². The highest BCUT2D eigenvalue weighted by molar-refractivity contribution is 5.90. The van der Waals surface area contributed by atoms with Gasteiger partial charge in [0.1, 0.15) is 0 Å². The van der Waals surface area contributed by atoms with Gasteiger partial charge >= 0.3 is 5.97 Å². The molecule has 1 aliphatic rings. The van der Waals surface area contributed by atoms with E-state index < -0.39 is 5.97 Å². The zero-order valence-electron chi connectivity index (χ0n) is 9.48. The van der Waals surface area contributed by atoms with E-state index in [0.717, 1.165) is 19.4 Å². The molecule has 2 rings (SSSR count). The summed E-state index contributed by atoms with van der Waals surface area (Å²) >= 11 is 0. The van der Waals surface area contributed by atoms with Crippen molar-refractivity contribution in [3.63, 3.8) is 0 Å². The molecule has 1 atom stereocenters. The van der Waals surface area contributed by atoms with Crippen LogP contribution in [-0.4, -0.2) is 30.3 Å². The van der Waals surface area contributed by atoms with Gasteiger partial charge < -0.3 is 20.9 Å². The van der Waals surface area contributed by atoms with Gasteiger partial charge in [0.15, 0.2) is 0 Å². The Bertz CT molecular complexity index is 414. The van der Waals surface area contributed by atoms with Crippen LogP contribution in [0.25, 0.3) is 0 Å². The number of nitrogens with two attached hydrogens (primary N) is 1. The molecule has 92 valence electrons. The largest absolute Gasteiger partial charge is 0.478 e. The van der Waals surface area contributed by atoms with Crippen LogP contribution in [0, 0.1) is 0 Å². The Labute approximate surface area is 99.6 Å². The second-order valence-electron chi connectivity index (χ2n) is 4.17. The van der Waals surface area contributed by atoms with Gasteiger partial charge in [0.25, 0.3) is 0 Å². The summed E-state index contributed by atoms with van der Waals surface area (Å²) < 4.78 is 5.35. The van der Waals surface area contributed by atoms with Crippen LogP contribution in [0.4, 0.5) is 11.4 Å². The molecule has 1 aliphatic heterocycles. The molecule has 17 heavy (non-hydrogen) atoms. The first kappa shape index (κ1) is 11.7. The topological polar surface area (TPSA) is 84.6 Å². The maximum atomic E-state index is 10.9. The summed E-state index contributed by atoms with van der Waals surface area (Å²) in [6, 6.07) is 4.87. The van der Waals surface area contributed by atoms with Gasteiger partial charge in [-0.1, -0.05) is 0 Å². The summed E-state index contributed by atoms with van der Waals surface area (Å²) in [5, 5.41) is 12.1. The lowest BCUT2D eigenvalue weighted by Gasteiger charge is -2.24. The Balaban J connectivity index is 2.13. The summed E-state index contributed by atoms with van der Waals surface area (Å²) in [7, 11) is 0. The smallest absolute Gasteiger partial charge is 0.335 e. The molecule has 0 amide bonds. The Morgan fingerprint density at radius 2 is 2.35 bits per heavy atom. The van der Waals surface area contributed by atoms with E-state index in [1.165, 1.54) is 6.07 Å². The quantitative estimate of drug-likeness (QED) is 0.693. The molecule has 1 unspecified atom stereocenters. The first-order valence-corrected chi connectivity index (χ1v) is 5.64. The van der Waals surface area contributed by atoms with Crippen molar-refractivity contribution < 1.29 is 14.6 Å². The minimum absolute atomic E-state index is 0.204. The standard InChI is InChI=1S/C12H16N2O3/c13-10-4-3-8(12(15)16)6-11(10)14-9-2-1-5-17-7-9/h3-4,6,9,14H,1-2,5,7,13H2,(H,15,16). The SMILES string of the molecule is Nc1ccc(C(=O)O)cc1NC1CCCOC1. The van der Waals surface area contributed by atoms with E-state index in [2.05, 4.69) is 5.32 Å². The third-order valence-electron chi connectivity index (χ3n) is 2.82. The normalized spacial score (nSPS) is 19.9. The van der Waals surface area contributed by atoms with Gasteiger partial charge in [-0.3, -0.25) is 0 Å². The van der Waals surface area contributed by atoms with Gasteiger partial charge in [-0.25, -0.2) is 4.79 Å². The summed E-state index contributed by atoms with van der Waals surface area (Å²) in [5.74, 6) is -0.951. The average Bonchev–Trinajstić information content (AvgIpc) is 2.33. The zero-order valence-corrected chi connectivity index (χ0v) is 9.48. The molecule has 1 heterocycles. The Hall–Kier alpha value is -1.75. The number of carbonyl (C=O) groups is 1. The Morgan fingerprint density at radius 3 is 3.00 bits per heavy atom. The number of benzene rings is 1.